The Hall–Kier alpha value is -1.29. The lowest BCUT2D eigenvalue weighted by Gasteiger charge is -2.22. The van der Waals surface area contributed by atoms with Gasteiger partial charge in [0.15, 0.2) is 0 Å². The molecule has 0 aromatic carbocycles. The Bertz CT molecular complexity index is 269. The molecule has 1 unspecified atom stereocenters. The molecule has 2 N–H and O–H groups in total. The van der Waals surface area contributed by atoms with Gasteiger partial charge < -0.3 is 15.1 Å². The van der Waals surface area contributed by atoms with Gasteiger partial charge in [-0.1, -0.05) is 0 Å². The monoisotopic (exact) mass is 166 g/mol. The number of nitrogens with one attached hydrogen (secondary N) is 2. The molecule has 1 aromatic rings. The fraction of sp³-hybridized carbons (Fsp3) is 0.375. The van der Waals surface area contributed by atoms with Gasteiger partial charge in [0.2, 0.25) is 5.91 Å². The summed E-state index contributed by atoms with van der Waals surface area (Å²) in [5.41, 5.74) is 0. The number of carbonyl (C=O) groups excluding carboxylic acids is 1. The van der Waals surface area contributed by atoms with Gasteiger partial charge in [0.05, 0.1) is 18.8 Å². The first-order chi connectivity index (χ1) is 5.86. The molecule has 1 amide bonds. The van der Waals surface area contributed by atoms with Crippen LogP contribution in [-0.4, -0.2) is 19.0 Å². The molecule has 1 saturated heterocycles. The van der Waals surface area contributed by atoms with Gasteiger partial charge in [-0.05, 0) is 12.1 Å². The summed E-state index contributed by atoms with van der Waals surface area (Å²) in [4.78, 5) is 11.0. The van der Waals surface area contributed by atoms with Gasteiger partial charge in [-0.25, -0.2) is 0 Å². The number of furan rings is 1. The molecule has 2 heterocycles. The highest BCUT2D eigenvalue weighted by Gasteiger charge is 2.20. The average Bonchev–Trinajstić information content (AvgIpc) is 2.56. The predicted octanol–water partition coefficient (Wildman–Crippen LogP) is 0.0401. The lowest BCUT2D eigenvalue weighted by Crippen LogP contribution is -2.46. The van der Waals surface area contributed by atoms with Crippen LogP contribution in [0.4, 0.5) is 0 Å². The number of amides is 1. The molecule has 0 spiro atoms. The van der Waals surface area contributed by atoms with E-state index in [1.54, 1.807) is 6.26 Å². The molecular weight excluding hydrogens is 156 g/mol. The van der Waals surface area contributed by atoms with E-state index < -0.39 is 0 Å². The minimum absolute atomic E-state index is 0.0127. The Labute approximate surface area is 69.9 Å². The Morgan fingerprint density at radius 3 is 3.17 bits per heavy atom. The Kier molecular flexibility index (Phi) is 1.83. The van der Waals surface area contributed by atoms with Crippen LogP contribution in [-0.2, 0) is 4.79 Å². The second-order valence-corrected chi connectivity index (χ2v) is 2.77. The van der Waals surface area contributed by atoms with Crippen molar-refractivity contribution >= 4 is 5.91 Å². The number of carbonyl (C=O) groups is 1. The zero-order chi connectivity index (χ0) is 8.39. The van der Waals surface area contributed by atoms with Gasteiger partial charge >= 0.3 is 0 Å². The SMILES string of the molecule is O=C1CNCC(c2ccco2)N1. The molecule has 1 aromatic heterocycles. The molecule has 1 aliphatic rings. The summed E-state index contributed by atoms with van der Waals surface area (Å²) in [7, 11) is 0. The molecule has 2 rings (SSSR count). The molecule has 0 saturated carbocycles. The summed E-state index contributed by atoms with van der Waals surface area (Å²) >= 11 is 0. The molecule has 4 nitrogen and oxygen atoms in total. The third-order valence-corrected chi connectivity index (χ3v) is 1.86. The van der Waals surface area contributed by atoms with E-state index in [-0.39, 0.29) is 11.9 Å². The maximum absolute atomic E-state index is 11.0. The van der Waals surface area contributed by atoms with E-state index >= 15 is 0 Å². The van der Waals surface area contributed by atoms with Gasteiger partial charge in [-0.15, -0.1) is 0 Å². The maximum Gasteiger partial charge on any atom is 0.234 e. The summed E-state index contributed by atoms with van der Waals surface area (Å²) in [6.07, 6.45) is 1.61. The summed E-state index contributed by atoms with van der Waals surface area (Å²) in [5.74, 6) is 0.818. The normalized spacial score (nSPS) is 23.7. The number of rotatable bonds is 1. The first-order valence-electron chi connectivity index (χ1n) is 3.90. The van der Waals surface area contributed by atoms with Crippen molar-refractivity contribution in [3.8, 4) is 0 Å². The van der Waals surface area contributed by atoms with Crippen LogP contribution in [0.15, 0.2) is 22.8 Å². The van der Waals surface area contributed by atoms with Crippen molar-refractivity contribution in [3.63, 3.8) is 0 Å². The molecule has 1 fully saturated rings. The second kappa shape index (κ2) is 2.98. The second-order valence-electron chi connectivity index (χ2n) is 2.77. The van der Waals surface area contributed by atoms with Gasteiger partial charge in [-0.2, -0.15) is 0 Å². The van der Waals surface area contributed by atoms with Crippen molar-refractivity contribution in [3.05, 3.63) is 24.2 Å². The fourth-order valence-corrected chi connectivity index (χ4v) is 1.29. The smallest absolute Gasteiger partial charge is 0.234 e. The van der Waals surface area contributed by atoms with E-state index in [2.05, 4.69) is 10.6 Å². The molecule has 0 aliphatic carbocycles. The van der Waals surface area contributed by atoms with Crippen molar-refractivity contribution < 1.29 is 9.21 Å². The summed E-state index contributed by atoms with van der Waals surface area (Å²) < 4.78 is 5.17. The Balaban J connectivity index is 2.09. The summed E-state index contributed by atoms with van der Waals surface area (Å²) in [6, 6.07) is 3.66. The standard InChI is InChI=1S/C8H10N2O2/c11-8-5-9-4-6(10-8)7-2-1-3-12-7/h1-3,6,9H,4-5H2,(H,10,11). The lowest BCUT2D eigenvalue weighted by molar-refractivity contribution is -0.122. The van der Waals surface area contributed by atoms with E-state index in [9.17, 15) is 4.79 Å². The van der Waals surface area contributed by atoms with Crippen LogP contribution >= 0.6 is 0 Å². The largest absolute Gasteiger partial charge is 0.467 e. The molecular formula is C8H10N2O2. The van der Waals surface area contributed by atoms with E-state index in [4.69, 9.17) is 4.42 Å². The van der Waals surface area contributed by atoms with Crippen LogP contribution in [0.1, 0.15) is 11.8 Å². The van der Waals surface area contributed by atoms with E-state index in [0.717, 1.165) is 12.3 Å². The molecule has 64 valence electrons. The summed E-state index contributed by atoms with van der Waals surface area (Å²) in [5, 5.41) is 5.82. The van der Waals surface area contributed by atoms with Crippen LogP contribution < -0.4 is 10.6 Å². The van der Waals surface area contributed by atoms with Gasteiger partial charge in [0, 0.05) is 6.54 Å². The van der Waals surface area contributed by atoms with E-state index in [1.165, 1.54) is 0 Å². The fourth-order valence-electron chi connectivity index (χ4n) is 1.29. The number of hydrogen-bond acceptors (Lipinski definition) is 3. The van der Waals surface area contributed by atoms with Crippen molar-refractivity contribution in [2.45, 2.75) is 6.04 Å². The Morgan fingerprint density at radius 2 is 2.50 bits per heavy atom. The predicted molar refractivity (Wildman–Crippen MR) is 42.5 cm³/mol. The van der Waals surface area contributed by atoms with Gasteiger partial charge in [-0.3, -0.25) is 4.79 Å². The molecule has 4 heteroatoms. The zero-order valence-corrected chi connectivity index (χ0v) is 6.54. The quantitative estimate of drug-likeness (QED) is 0.619. The third-order valence-electron chi connectivity index (χ3n) is 1.86. The van der Waals surface area contributed by atoms with Crippen molar-refractivity contribution in [2.75, 3.05) is 13.1 Å². The molecule has 12 heavy (non-hydrogen) atoms. The third kappa shape index (κ3) is 1.33. The molecule has 1 atom stereocenters. The van der Waals surface area contributed by atoms with Gasteiger partial charge in [0.1, 0.15) is 5.76 Å². The van der Waals surface area contributed by atoms with Gasteiger partial charge in [0.25, 0.3) is 0 Å². The van der Waals surface area contributed by atoms with Crippen LogP contribution in [0.25, 0.3) is 0 Å². The maximum atomic E-state index is 11.0. The Morgan fingerprint density at radius 1 is 1.58 bits per heavy atom. The topological polar surface area (TPSA) is 54.3 Å². The van der Waals surface area contributed by atoms with Crippen LogP contribution in [0.5, 0.6) is 0 Å². The highest BCUT2D eigenvalue weighted by Crippen LogP contribution is 2.13. The minimum atomic E-state index is -0.0127. The van der Waals surface area contributed by atoms with E-state index in [1.807, 2.05) is 12.1 Å². The minimum Gasteiger partial charge on any atom is -0.467 e. The lowest BCUT2D eigenvalue weighted by atomic mass is 10.2. The number of hydrogen-bond donors (Lipinski definition) is 2. The summed E-state index contributed by atoms with van der Waals surface area (Å²) in [6.45, 7) is 1.14. The highest BCUT2D eigenvalue weighted by molar-refractivity contribution is 5.79. The molecule has 1 aliphatic heterocycles. The first kappa shape index (κ1) is 7.36. The van der Waals surface area contributed by atoms with Crippen LogP contribution in [0.3, 0.4) is 0 Å². The highest BCUT2D eigenvalue weighted by atomic mass is 16.3. The van der Waals surface area contributed by atoms with E-state index in [0.29, 0.717) is 6.54 Å². The van der Waals surface area contributed by atoms with Crippen molar-refractivity contribution in [2.24, 2.45) is 0 Å². The molecule has 0 bridgehead atoms. The van der Waals surface area contributed by atoms with Crippen molar-refractivity contribution in [1.82, 2.24) is 10.6 Å². The van der Waals surface area contributed by atoms with Crippen LogP contribution in [0, 0.1) is 0 Å². The average molecular weight is 166 g/mol. The van der Waals surface area contributed by atoms with Crippen molar-refractivity contribution in [1.29, 1.82) is 0 Å². The zero-order valence-electron chi connectivity index (χ0n) is 6.54. The van der Waals surface area contributed by atoms with Crippen LogP contribution in [0.2, 0.25) is 0 Å². The first-order valence-corrected chi connectivity index (χ1v) is 3.90. The molecule has 0 radical (unpaired) electrons. The number of piperazine rings is 1.